The number of aliphatic carboxylic acids is 1. The molecule has 1 heterocycles. The molecule has 0 saturated carbocycles. The zero-order valence-electron chi connectivity index (χ0n) is 8.63. The highest BCUT2D eigenvalue weighted by Gasteiger charge is 2.08. The summed E-state index contributed by atoms with van der Waals surface area (Å²) in [7, 11) is 0. The van der Waals surface area contributed by atoms with Crippen molar-refractivity contribution in [3.05, 3.63) is 22.4 Å². The molecule has 0 radical (unpaired) electrons. The van der Waals surface area contributed by atoms with E-state index in [1.165, 1.54) is 11.3 Å². The van der Waals surface area contributed by atoms with E-state index >= 15 is 0 Å². The zero-order valence-corrected chi connectivity index (χ0v) is 10.3. The number of carbonyl (C=O) groups excluding carboxylic acids is 2. The van der Waals surface area contributed by atoms with E-state index in [0.29, 0.717) is 4.88 Å². The Morgan fingerprint density at radius 3 is 2.65 bits per heavy atom. The maximum Gasteiger partial charge on any atom is 0.313 e. The van der Waals surface area contributed by atoms with Crippen LogP contribution in [0.5, 0.6) is 0 Å². The number of carbonyl (C=O) groups is 3. The van der Waals surface area contributed by atoms with Crippen LogP contribution in [0.1, 0.15) is 9.67 Å². The highest BCUT2D eigenvalue weighted by Crippen LogP contribution is 2.07. The number of carboxylic acid groups (broad SMARTS) is 1. The monoisotopic (exact) mass is 274 g/mol. The van der Waals surface area contributed by atoms with Gasteiger partial charge in [-0.3, -0.25) is 25.2 Å². The van der Waals surface area contributed by atoms with Crippen molar-refractivity contribution in [3.8, 4) is 0 Å². The van der Waals surface area contributed by atoms with Crippen molar-refractivity contribution in [2.24, 2.45) is 0 Å². The van der Waals surface area contributed by atoms with E-state index in [0.717, 1.165) is 11.8 Å². The minimum atomic E-state index is -0.981. The van der Waals surface area contributed by atoms with Crippen LogP contribution in [-0.2, 0) is 9.59 Å². The SMILES string of the molecule is O=C(O)CSCC(=O)NNC(=O)c1cccs1. The first-order valence-corrected chi connectivity index (χ1v) is 6.55. The van der Waals surface area contributed by atoms with Gasteiger partial charge in [-0.05, 0) is 11.4 Å². The molecule has 0 aliphatic rings. The fourth-order valence-electron chi connectivity index (χ4n) is 0.863. The predicted octanol–water partition coefficient (Wildman–Crippen LogP) is 0.327. The molecule has 0 aliphatic carbocycles. The normalized spacial score (nSPS) is 9.65. The summed E-state index contributed by atoms with van der Waals surface area (Å²) in [5, 5.41) is 10.1. The van der Waals surface area contributed by atoms with Crippen LogP contribution >= 0.6 is 23.1 Å². The maximum atomic E-state index is 11.4. The number of amides is 2. The molecular formula is C9H10N2O4S2. The van der Waals surface area contributed by atoms with Crippen molar-refractivity contribution < 1.29 is 19.5 Å². The number of hydrogen-bond donors (Lipinski definition) is 3. The standard InChI is InChI=1S/C9H10N2O4S2/c12-7(4-16-5-8(13)14)10-11-9(15)6-2-1-3-17-6/h1-3H,4-5H2,(H,10,12)(H,11,15)(H,13,14). The highest BCUT2D eigenvalue weighted by atomic mass is 32.2. The van der Waals surface area contributed by atoms with Gasteiger partial charge in [0.2, 0.25) is 5.91 Å². The second-order valence-electron chi connectivity index (χ2n) is 2.87. The van der Waals surface area contributed by atoms with E-state index in [9.17, 15) is 14.4 Å². The second kappa shape index (κ2) is 6.92. The van der Waals surface area contributed by atoms with Crippen LogP contribution in [0.4, 0.5) is 0 Å². The molecule has 0 saturated heterocycles. The topological polar surface area (TPSA) is 95.5 Å². The fourth-order valence-corrected chi connectivity index (χ4v) is 2.02. The molecule has 8 heteroatoms. The Bertz CT molecular complexity index is 405. The molecule has 0 spiro atoms. The summed E-state index contributed by atoms with van der Waals surface area (Å²) in [6.45, 7) is 0. The van der Waals surface area contributed by atoms with Gasteiger partial charge in [0.25, 0.3) is 5.91 Å². The van der Waals surface area contributed by atoms with Crippen LogP contribution in [0.3, 0.4) is 0 Å². The molecule has 92 valence electrons. The van der Waals surface area contributed by atoms with E-state index in [4.69, 9.17) is 5.11 Å². The molecule has 0 aliphatic heterocycles. The molecule has 17 heavy (non-hydrogen) atoms. The average Bonchev–Trinajstić information content (AvgIpc) is 2.78. The first kappa shape index (κ1) is 13.5. The molecule has 1 rings (SSSR count). The minimum absolute atomic E-state index is 0.0168. The smallest absolute Gasteiger partial charge is 0.313 e. The Morgan fingerprint density at radius 1 is 1.29 bits per heavy atom. The molecular weight excluding hydrogens is 264 g/mol. The molecule has 3 N–H and O–H groups in total. The van der Waals surface area contributed by atoms with E-state index in [1.54, 1.807) is 17.5 Å². The zero-order chi connectivity index (χ0) is 12.7. The molecule has 1 aromatic rings. The molecule has 6 nitrogen and oxygen atoms in total. The van der Waals surface area contributed by atoms with Crippen molar-refractivity contribution in [2.75, 3.05) is 11.5 Å². The molecule has 1 aromatic heterocycles. The Kier molecular flexibility index (Phi) is 5.50. The van der Waals surface area contributed by atoms with Gasteiger partial charge >= 0.3 is 5.97 Å². The van der Waals surface area contributed by atoms with Crippen molar-refractivity contribution in [2.45, 2.75) is 0 Å². The van der Waals surface area contributed by atoms with E-state index in [2.05, 4.69) is 10.9 Å². The number of hydrazine groups is 1. The van der Waals surface area contributed by atoms with Crippen molar-refractivity contribution >= 4 is 40.9 Å². The number of thiophene rings is 1. The fraction of sp³-hybridized carbons (Fsp3) is 0.222. The number of hydrogen-bond acceptors (Lipinski definition) is 5. The van der Waals surface area contributed by atoms with Gasteiger partial charge < -0.3 is 5.11 Å². The van der Waals surface area contributed by atoms with Gasteiger partial charge in [-0.2, -0.15) is 0 Å². The van der Waals surface area contributed by atoms with Crippen LogP contribution in [0, 0.1) is 0 Å². The van der Waals surface area contributed by atoms with Gasteiger partial charge in [0.1, 0.15) is 0 Å². The van der Waals surface area contributed by atoms with Crippen LogP contribution in [0.2, 0.25) is 0 Å². The molecule has 0 unspecified atom stereocenters. The third-order valence-corrected chi connectivity index (χ3v) is 3.31. The lowest BCUT2D eigenvalue weighted by atomic mass is 10.4. The predicted molar refractivity (Wildman–Crippen MR) is 64.9 cm³/mol. The van der Waals surface area contributed by atoms with Gasteiger partial charge in [-0.1, -0.05) is 6.07 Å². The van der Waals surface area contributed by atoms with Crippen LogP contribution in [0.15, 0.2) is 17.5 Å². The number of carboxylic acids is 1. The summed E-state index contributed by atoms with van der Waals surface area (Å²) in [5.74, 6) is -1.98. The lowest BCUT2D eigenvalue weighted by Gasteiger charge is -2.05. The molecule has 0 fully saturated rings. The third kappa shape index (κ3) is 5.36. The Balaban J connectivity index is 2.20. The van der Waals surface area contributed by atoms with Crippen LogP contribution < -0.4 is 10.9 Å². The van der Waals surface area contributed by atoms with Gasteiger partial charge in [0, 0.05) is 0 Å². The Morgan fingerprint density at radius 2 is 2.06 bits per heavy atom. The average molecular weight is 274 g/mol. The number of nitrogens with one attached hydrogen (secondary N) is 2. The number of thioether (sulfide) groups is 1. The third-order valence-electron chi connectivity index (χ3n) is 1.52. The molecule has 0 bridgehead atoms. The molecule has 0 aromatic carbocycles. The second-order valence-corrected chi connectivity index (χ2v) is 4.80. The molecule has 2 amide bonds. The van der Waals surface area contributed by atoms with Crippen molar-refractivity contribution in [1.29, 1.82) is 0 Å². The Hall–Kier alpha value is -1.54. The minimum Gasteiger partial charge on any atom is -0.481 e. The van der Waals surface area contributed by atoms with Gasteiger partial charge in [-0.25, -0.2) is 0 Å². The van der Waals surface area contributed by atoms with Crippen LogP contribution in [-0.4, -0.2) is 34.4 Å². The quantitative estimate of drug-likeness (QED) is 0.672. The summed E-state index contributed by atoms with van der Waals surface area (Å²) in [6, 6.07) is 3.36. The van der Waals surface area contributed by atoms with Crippen molar-refractivity contribution in [1.82, 2.24) is 10.9 Å². The van der Waals surface area contributed by atoms with Crippen molar-refractivity contribution in [3.63, 3.8) is 0 Å². The summed E-state index contributed by atoms with van der Waals surface area (Å²) >= 11 is 2.22. The van der Waals surface area contributed by atoms with Gasteiger partial charge in [0.15, 0.2) is 0 Å². The lowest BCUT2D eigenvalue weighted by molar-refractivity contribution is -0.133. The first-order chi connectivity index (χ1) is 8.09. The summed E-state index contributed by atoms with van der Waals surface area (Å²) in [4.78, 5) is 33.2. The van der Waals surface area contributed by atoms with Crippen LogP contribution in [0.25, 0.3) is 0 Å². The molecule has 0 atom stereocenters. The highest BCUT2D eigenvalue weighted by molar-refractivity contribution is 8.00. The van der Waals surface area contributed by atoms with Gasteiger partial charge in [0.05, 0.1) is 16.4 Å². The number of rotatable bonds is 5. The summed E-state index contributed by atoms with van der Waals surface area (Å²) in [6.07, 6.45) is 0. The summed E-state index contributed by atoms with van der Waals surface area (Å²) in [5.41, 5.74) is 4.43. The van der Waals surface area contributed by atoms with E-state index < -0.39 is 17.8 Å². The summed E-state index contributed by atoms with van der Waals surface area (Å²) < 4.78 is 0. The van der Waals surface area contributed by atoms with E-state index in [1.807, 2.05) is 0 Å². The maximum absolute atomic E-state index is 11.4. The van der Waals surface area contributed by atoms with Gasteiger partial charge in [-0.15, -0.1) is 23.1 Å². The first-order valence-electron chi connectivity index (χ1n) is 4.52. The Labute approximate surface area is 105 Å². The van der Waals surface area contributed by atoms with E-state index in [-0.39, 0.29) is 11.5 Å². The largest absolute Gasteiger partial charge is 0.481 e. The lowest BCUT2D eigenvalue weighted by Crippen LogP contribution is -2.42.